The van der Waals surface area contributed by atoms with E-state index in [9.17, 15) is 0 Å². The molecule has 1 saturated carbocycles. The minimum atomic E-state index is 0.359. The zero-order valence-electron chi connectivity index (χ0n) is 13.0. The molecule has 0 bridgehead atoms. The summed E-state index contributed by atoms with van der Waals surface area (Å²) in [7, 11) is 0. The van der Waals surface area contributed by atoms with Crippen LogP contribution in [0.5, 0.6) is 0 Å². The van der Waals surface area contributed by atoms with Crippen molar-refractivity contribution in [2.75, 3.05) is 6.54 Å². The molecule has 0 aliphatic heterocycles. The van der Waals surface area contributed by atoms with Gasteiger partial charge in [0.2, 0.25) is 5.89 Å². The number of hydrogen-bond donors (Lipinski definition) is 1. The zero-order valence-corrected chi connectivity index (χ0v) is 13.0. The topological polar surface area (TPSA) is 68.8 Å². The van der Waals surface area contributed by atoms with Gasteiger partial charge < -0.3 is 9.84 Å². The number of rotatable bonds is 7. The predicted octanol–water partition coefficient (Wildman–Crippen LogP) is 1.98. The fourth-order valence-corrected chi connectivity index (χ4v) is 2.48. The SMILES string of the molecule is Cc1cc(C)n(C[C@@H](C)NCCc2noc(C3CC3)n2)n1. The van der Waals surface area contributed by atoms with E-state index >= 15 is 0 Å². The standard InChI is InChI=1S/C15H23N5O/c1-10-8-12(3)20(18-10)9-11(2)16-7-6-14-17-15(21-19-14)13-4-5-13/h8,11,13,16H,4-7,9H2,1-3H3/t11-/m1/s1. The second-order valence-electron chi connectivity index (χ2n) is 6.04. The smallest absolute Gasteiger partial charge is 0.229 e. The van der Waals surface area contributed by atoms with Crippen LogP contribution in [0.25, 0.3) is 0 Å². The van der Waals surface area contributed by atoms with E-state index < -0.39 is 0 Å². The van der Waals surface area contributed by atoms with Gasteiger partial charge in [-0.15, -0.1) is 0 Å². The van der Waals surface area contributed by atoms with Crippen LogP contribution >= 0.6 is 0 Å². The third kappa shape index (κ3) is 3.69. The maximum Gasteiger partial charge on any atom is 0.229 e. The summed E-state index contributed by atoms with van der Waals surface area (Å²) in [5.41, 5.74) is 2.27. The Hall–Kier alpha value is -1.69. The maximum absolute atomic E-state index is 5.26. The van der Waals surface area contributed by atoms with Crippen LogP contribution in [0.15, 0.2) is 10.6 Å². The molecule has 0 unspecified atom stereocenters. The lowest BCUT2D eigenvalue weighted by molar-refractivity contribution is 0.372. The molecule has 0 aromatic carbocycles. The van der Waals surface area contributed by atoms with Crippen LogP contribution in [-0.2, 0) is 13.0 Å². The first kappa shape index (κ1) is 14.3. The number of nitrogens with one attached hydrogen (secondary N) is 1. The van der Waals surface area contributed by atoms with Crippen molar-refractivity contribution in [3.8, 4) is 0 Å². The van der Waals surface area contributed by atoms with Crippen molar-refractivity contribution < 1.29 is 4.52 Å². The van der Waals surface area contributed by atoms with Gasteiger partial charge >= 0.3 is 0 Å². The molecule has 1 atom stereocenters. The van der Waals surface area contributed by atoms with Crippen molar-refractivity contribution >= 4 is 0 Å². The van der Waals surface area contributed by atoms with E-state index in [2.05, 4.69) is 40.5 Å². The second kappa shape index (κ2) is 5.97. The highest BCUT2D eigenvalue weighted by atomic mass is 16.5. The highest BCUT2D eigenvalue weighted by Crippen LogP contribution is 2.38. The number of aryl methyl sites for hydroxylation is 2. The number of aromatic nitrogens is 4. The first-order valence-electron chi connectivity index (χ1n) is 7.68. The molecule has 2 aromatic rings. The Morgan fingerprint density at radius 1 is 1.43 bits per heavy atom. The van der Waals surface area contributed by atoms with Crippen LogP contribution in [0.3, 0.4) is 0 Å². The average molecular weight is 289 g/mol. The summed E-state index contributed by atoms with van der Waals surface area (Å²) < 4.78 is 7.31. The van der Waals surface area contributed by atoms with Gasteiger partial charge in [-0.3, -0.25) is 4.68 Å². The van der Waals surface area contributed by atoms with E-state index in [4.69, 9.17) is 4.52 Å². The van der Waals surface area contributed by atoms with Crippen LogP contribution in [0.2, 0.25) is 0 Å². The molecule has 2 heterocycles. The summed E-state index contributed by atoms with van der Waals surface area (Å²) in [6.45, 7) is 8.01. The molecule has 6 nitrogen and oxygen atoms in total. The van der Waals surface area contributed by atoms with Gasteiger partial charge in [-0.2, -0.15) is 10.1 Å². The average Bonchev–Trinajstić information content (AvgIpc) is 3.09. The number of hydrogen-bond acceptors (Lipinski definition) is 5. The van der Waals surface area contributed by atoms with E-state index in [1.54, 1.807) is 0 Å². The third-order valence-electron chi connectivity index (χ3n) is 3.80. The molecule has 1 fully saturated rings. The van der Waals surface area contributed by atoms with E-state index in [0.717, 1.165) is 36.9 Å². The molecule has 1 aliphatic carbocycles. The highest BCUT2D eigenvalue weighted by Gasteiger charge is 2.29. The normalized spacial score (nSPS) is 16.3. The molecule has 1 N–H and O–H groups in total. The third-order valence-corrected chi connectivity index (χ3v) is 3.80. The quantitative estimate of drug-likeness (QED) is 0.844. The summed E-state index contributed by atoms with van der Waals surface area (Å²) in [6.07, 6.45) is 3.19. The lowest BCUT2D eigenvalue weighted by Gasteiger charge is -2.14. The molecule has 21 heavy (non-hydrogen) atoms. The maximum atomic E-state index is 5.26. The minimum Gasteiger partial charge on any atom is -0.339 e. The Balaban J connectivity index is 1.42. The predicted molar refractivity (Wildman–Crippen MR) is 79.1 cm³/mol. The van der Waals surface area contributed by atoms with Crippen LogP contribution in [0.1, 0.15) is 48.8 Å². The van der Waals surface area contributed by atoms with Crippen molar-refractivity contribution in [2.24, 2.45) is 0 Å². The van der Waals surface area contributed by atoms with E-state index in [-0.39, 0.29) is 0 Å². The van der Waals surface area contributed by atoms with Crippen molar-refractivity contribution in [3.05, 3.63) is 29.2 Å². The van der Waals surface area contributed by atoms with Gasteiger partial charge in [0.15, 0.2) is 5.82 Å². The van der Waals surface area contributed by atoms with Crippen molar-refractivity contribution in [2.45, 2.75) is 58.5 Å². The summed E-state index contributed by atoms with van der Waals surface area (Å²) in [6, 6.07) is 2.46. The fraction of sp³-hybridized carbons (Fsp3) is 0.667. The van der Waals surface area contributed by atoms with Crippen molar-refractivity contribution in [1.82, 2.24) is 25.2 Å². The fourth-order valence-electron chi connectivity index (χ4n) is 2.48. The largest absolute Gasteiger partial charge is 0.339 e. The summed E-state index contributed by atoms with van der Waals surface area (Å²) in [5, 5.41) is 12.0. The summed E-state index contributed by atoms with van der Waals surface area (Å²) in [4.78, 5) is 4.44. The monoisotopic (exact) mass is 289 g/mol. The van der Waals surface area contributed by atoms with E-state index in [0.29, 0.717) is 12.0 Å². The second-order valence-corrected chi connectivity index (χ2v) is 6.04. The first-order valence-corrected chi connectivity index (χ1v) is 7.68. The van der Waals surface area contributed by atoms with Crippen LogP contribution in [-0.4, -0.2) is 32.5 Å². The summed E-state index contributed by atoms with van der Waals surface area (Å²) >= 11 is 0. The molecule has 114 valence electrons. The van der Waals surface area contributed by atoms with Gasteiger partial charge in [0.1, 0.15) is 0 Å². The van der Waals surface area contributed by atoms with E-state index in [1.807, 2.05) is 11.6 Å². The van der Waals surface area contributed by atoms with Gasteiger partial charge in [-0.1, -0.05) is 5.16 Å². The van der Waals surface area contributed by atoms with Crippen LogP contribution in [0, 0.1) is 13.8 Å². The Labute approximate surface area is 124 Å². The Morgan fingerprint density at radius 2 is 2.24 bits per heavy atom. The van der Waals surface area contributed by atoms with Crippen molar-refractivity contribution in [1.29, 1.82) is 0 Å². The zero-order chi connectivity index (χ0) is 14.8. The van der Waals surface area contributed by atoms with Gasteiger partial charge in [0.25, 0.3) is 0 Å². The van der Waals surface area contributed by atoms with E-state index in [1.165, 1.54) is 18.5 Å². The number of nitrogens with zero attached hydrogens (tertiary/aromatic N) is 4. The van der Waals surface area contributed by atoms with Crippen molar-refractivity contribution in [3.63, 3.8) is 0 Å². The minimum absolute atomic E-state index is 0.359. The lowest BCUT2D eigenvalue weighted by atomic mass is 10.3. The van der Waals surface area contributed by atoms with Crippen LogP contribution < -0.4 is 5.32 Å². The molecular formula is C15H23N5O. The van der Waals surface area contributed by atoms with Gasteiger partial charge in [0, 0.05) is 30.6 Å². The van der Waals surface area contributed by atoms with Gasteiger partial charge in [-0.05, 0) is 39.7 Å². The molecule has 6 heteroatoms. The Morgan fingerprint density at radius 3 is 2.90 bits per heavy atom. The molecule has 0 spiro atoms. The molecule has 0 amide bonds. The molecule has 0 radical (unpaired) electrons. The van der Waals surface area contributed by atoms with Crippen LogP contribution in [0.4, 0.5) is 0 Å². The molecular weight excluding hydrogens is 266 g/mol. The Kier molecular flexibility index (Phi) is 4.05. The molecule has 3 rings (SSSR count). The summed E-state index contributed by atoms with van der Waals surface area (Å²) in [5.74, 6) is 2.16. The molecule has 1 aliphatic rings. The molecule has 2 aromatic heterocycles. The Bertz CT molecular complexity index is 599. The van der Waals surface area contributed by atoms with Gasteiger partial charge in [-0.25, -0.2) is 0 Å². The van der Waals surface area contributed by atoms with Gasteiger partial charge in [0.05, 0.1) is 12.2 Å². The first-order chi connectivity index (χ1) is 10.1. The lowest BCUT2D eigenvalue weighted by Crippen LogP contribution is -2.32. The highest BCUT2D eigenvalue weighted by molar-refractivity contribution is 5.06. The molecule has 0 saturated heterocycles.